The molecule has 5 heteroatoms. The molecule has 0 saturated carbocycles. The SMILES string of the molecule is CC(C[P+](c1ccccc1)(c1ccccc1)c1ccccc1)=Nc1ccccc1[N+](=O)[O-]. The third kappa shape index (κ3) is 4.37. The van der Waals surface area contributed by atoms with Gasteiger partial charge in [0.05, 0.1) is 10.6 Å². The van der Waals surface area contributed by atoms with Crippen LogP contribution in [0.2, 0.25) is 0 Å². The molecule has 158 valence electrons. The second kappa shape index (κ2) is 9.67. The fraction of sp³-hybridized carbons (Fsp3) is 0.0741. The highest BCUT2D eigenvalue weighted by atomic mass is 31.2. The Morgan fingerprint density at radius 3 is 1.56 bits per heavy atom. The lowest BCUT2D eigenvalue weighted by atomic mass is 10.3. The highest BCUT2D eigenvalue weighted by Gasteiger charge is 2.45. The van der Waals surface area contributed by atoms with E-state index in [9.17, 15) is 10.1 Å². The van der Waals surface area contributed by atoms with E-state index in [0.717, 1.165) is 5.71 Å². The van der Waals surface area contributed by atoms with Crippen LogP contribution in [0.1, 0.15) is 6.92 Å². The molecule has 0 aliphatic carbocycles. The van der Waals surface area contributed by atoms with Gasteiger partial charge in [0, 0.05) is 6.07 Å². The molecular formula is C27H24N2O2P+. The maximum absolute atomic E-state index is 11.5. The zero-order chi connectivity index (χ0) is 22.4. The summed E-state index contributed by atoms with van der Waals surface area (Å²) in [5, 5.41) is 15.3. The molecule has 0 spiro atoms. The summed E-state index contributed by atoms with van der Waals surface area (Å²) < 4.78 is 0. The molecular weight excluding hydrogens is 415 g/mol. The van der Waals surface area contributed by atoms with Gasteiger partial charge in [0.1, 0.15) is 35.0 Å². The average Bonchev–Trinajstić information content (AvgIpc) is 2.84. The second-order valence-corrected chi connectivity index (χ2v) is 11.1. The number of nitro groups is 1. The summed E-state index contributed by atoms with van der Waals surface area (Å²) in [5.41, 5.74) is 1.28. The van der Waals surface area contributed by atoms with Crippen molar-refractivity contribution in [3.63, 3.8) is 0 Å². The van der Waals surface area contributed by atoms with E-state index in [4.69, 9.17) is 4.99 Å². The first-order chi connectivity index (χ1) is 15.6. The van der Waals surface area contributed by atoms with Crippen molar-refractivity contribution in [2.75, 3.05) is 6.16 Å². The molecule has 0 radical (unpaired) electrons. The Bertz CT molecular complexity index is 1130. The molecule has 32 heavy (non-hydrogen) atoms. The summed E-state index contributed by atoms with van der Waals surface area (Å²) in [5.74, 6) is 0. The molecule has 0 atom stereocenters. The van der Waals surface area contributed by atoms with E-state index in [1.807, 2.05) is 25.1 Å². The van der Waals surface area contributed by atoms with Crippen LogP contribution in [-0.4, -0.2) is 16.8 Å². The van der Waals surface area contributed by atoms with Crippen LogP contribution in [0.5, 0.6) is 0 Å². The number of nitrogens with zero attached hydrogens (tertiary/aromatic N) is 2. The number of hydrogen-bond donors (Lipinski definition) is 0. The van der Waals surface area contributed by atoms with E-state index >= 15 is 0 Å². The van der Waals surface area contributed by atoms with Gasteiger partial charge in [-0.25, -0.2) is 4.99 Å². The monoisotopic (exact) mass is 439 g/mol. The Hall–Kier alpha value is -3.62. The first-order valence-corrected chi connectivity index (χ1v) is 12.4. The van der Waals surface area contributed by atoms with Gasteiger partial charge in [0.15, 0.2) is 0 Å². The highest BCUT2D eigenvalue weighted by Crippen LogP contribution is 2.55. The van der Waals surface area contributed by atoms with Crippen molar-refractivity contribution >= 4 is 40.3 Å². The molecule has 0 amide bonds. The van der Waals surface area contributed by atoms with E-state index in [1.165, 1.54) is 22.0 Å². The predicted octanol–water partition coefficient (Wildman–Crippen LogP) is 5.68. The average molecular weight is 439 g/mol. The largest absolute Gasteiger partial charge is 0.294 e. The van der Waals surface area contributed by atoms with Gasteiger partial charge < -0.3 is 0 Å². The van der Waals surface area contributed by atoms with Crippen LogP contribution < -0.4 is 15.9 Å². The van der Waals surface area contributed by atoms with Crippen LogP contribution in [0, 0.1) is 10.1 Å². The summed E-state index contributed by atoms with van der Waals surface area (Å²) >= 11 is 0. The minimum absolute atomic E-state index is 0.0231. The fourth-order valence-corrected chi connectivity index (χ4v) is 8.31. The zero-order valence-corrected chi connectivity index (χ0v) is 18.7. The Morgan fingerprint density at radius 1 is 0.719 bits per heavy atom. The lowest BCUT2D eigenvalue weighted by molar-refractivity contribution is -0.384. The molecule has 0 bridgehead atoms. The maximum atomic E-state index is 11.5. The molecule has 0 N–H and O–H groups in total. The summed E-state index contributed by atoms with van der Waals surface area (Å²) in [6, 6.07) is 38.3. The Kier molecular flexibility index (Phi) is 6.53. The molecule has 4 aromatic rings. The third-order valence-corrected chi connectivity index (χ3v) is 9.92. The molecule has 0 aliphatic heterocycles. The minimum atomic E-state index is -2.09. The highest BCUT2D eigenvalue weighted by molar-refractivity contribution is 7.96. The molecule has 0 unspecified atom stereocenters. The van der Waals surface area contributed by atoms with Gasteiger partial charge in [0.25, 0.3) is 5.69 Å². The van der Waals surface area contributed by atoms with Crippen molar-refractivity contribution in [2.45, 2.75) is 6.92 Å². The lowest BCUT2D eigenvalue weighted by Crippen LogP contribution is -2.35. The first-order valence-electron chi connectivity index (χ1n) is 10.4. The van der Waals surface area contributed by atoms with Crippen molar-refractivity contribution in [3.8, 4) is 0 Å². The van der Waals surface area contributed by atoms with Gasteiger partial charge in [-0.15, -0.1) is 0 Å². The summed E-state index contributed by atoms with van der Waals surface area (Å²) in [7, 11) is -2.09. The van der Waals surface area contributed by atoms with Crippen molar-refractivity contribution in [3.05, 3.63) is 125 Å². The number of benzene rings is 4. The molecule has 4 aromatic carbocycles. The normalized spacial score (nSPS) is 11.8. The topological polar surface area (TPSA) is 55.5 Å². The van der Waals surface area contributed by atoms with Gasteiger partial charge in [-0.3, -0.25) is 10.1 Å². The van der Waals surface area contributed by atoms with Crippen molar-refractivity contribution in [1.82, 2.24) is 0 Å². The Morgan fingerprint density at radius 2 is 1.12 bits per heavy atom. The van der Waals surface area contributed by atoms with Crippen LogP contribution in [0.3, 0.4) is 0 Å². The summed E-state index contributed by atoms with van der Waals surface area (Å²) in [4.78, 5) is 15.9. The van der Waals surface area contributed by atoms with E-state index in [1.54, 1.807) is 18.2 Å². The van der Waals surface area contributed by atoms with Crippen LogP contribution in [-0.2, 0) is 0 Å². The molecule has 0 fully saturated rings. The van der Waals surface area contributed by atoms with Crippen molar-refractivity contribution < 1.29 is 4.92 Å². The second-order valence-electron chi connectivity index (χ2n) is 7.57. The van der Waals surface area contributed by atoms with Crippen LogP contribution in [0.4, 0.5) is 11.4 Å². The van der Waals surface area contributed by atoms with Crippen molar-refractivity contribution in [1.29, 1.82) is 0 Å². The van der Waals surface area contributed by atoms with E-state index in [0.29, 0.717) is 11.8 Å². The van der Waals surface area contributed by atoms with E-state index in [-0.39, 0.29) is 10.6 Å². The van der Waals surface area contributed by atoms with E-state index in [2.05, 4.69) is 72.8 Å². The molecule has 0 aromatic heterocycles. The lowest BCUT2D eigenvalue weighted by Gasteiger charge is -2.27. The molecule has 0 saturated heterocycles. The van der Waals surface area contributed by atoms with Crippen LogP contribution in [0.15, 0.2) is 120 Å². The minimum Gasteiger partial charge on any atom is -0.258 e. The Balaban J connectivity index is 1.92. The standard InChI is InChI=1S/C27H24N2O2P/c1-22(28-26-19-11-12-20-27(26)29(30)31)21-32(23-13-5-2-6-14-23,24-15-7-3-8-16-24)25-17-9-4-10-18-25/h2-20H,21H2,1H3/q+1. The van der Waals surface area contributed by atoms with Gasteiger partial charge in [0.2, 0.25) is 0 Å². The third-order valence-electron chi connectivity index (χ3n) is 5.45. The first kappa shape index (κ1) is 21.6. The smallest absolute Gasteiger partial charge is 0.258 e. The van der Waals surface area contributed by atoms with Gasteiger partial charge in [-0.05, 0) is 49.4 Å². The van der Waals surface area contributed by atoms with Crippen LogP contribution in [0.25, 0.3) is 0 Å². The molecule has 4 rings (SSSR count). The van der Waals surface area contributed by atoms with E-state index < -0.39 is 7.26 Å². The fourth-order valence-electron chi connectivity index (χ4n) is 4.07. The van der Waals surface area contributed by atoms with Gasteiger partial charge >= 0.3 is 0 Å². The van der Waals surface area contributed by atoms with Gasteiger partial charge in [-0.2, -0.15) is 0 Å². The number of nitro benzene ring substituents is 1. The van der Waals surface area contributed by atoms with Crippen LogP contribution >= 0.6 is 7.26 Å². The number of hydrogen-bond acceptors (Lipinski definition) is 3. The predicted molar refractivity (Wildman–Crippen MR) is 136 cm³/mol. The quantitative estimate of drug-likeness (QED) is 0.161. The zero-order valence-electron chi connectivity index (χ0n) is 17.8. The maximum Gasteiger partial charge on any atom is 0.294 e. The number of para-hydroxylation sites is 2. The number of rotatable bonds is 7. The Labute approximate surface area is 188 Å². The van der Waals surface area contributed by atoms with Gasteiger partial charge in [-0.1, -0.05) is 66.7 Å². The van der Waals surface area contributed by atoms with Crippen molar-refractivity contribution in [2.24, 2.45) is 4.99 Å². The molecule has 0 heterocycles. The molecule has 4 nitrogen and oxygen atoms in total. The summed E-state index contributed by atoms with van der Waals surface area (Å²) in [6.07, 6.45) is 0.692. The number of aliphatic imine (C=N–C) groups is 1. The molecule has 0 aliphatic rings. The summed E-state index contributed by atoms with van der Waals surface area (Å²) in [6.45, 7) is 1.97.